The zero-order chi connectivity index (χ0) is 19.1. The van der Waals surface area contributed by atoms with E-state index in [9.17, 15) is 33.4 Å². The smallest absolute Gasteiger partial charge is 0.372 e. The number of piperazine rings is 3. The Morgan fingerprint density at radius 2 is 1.62 bits per heavy atom. The Kier molecular flexibility index (Phi) is 4.71. The summed E-state index contributed by atoms with van der Waals surface area (Å²) in [5, 5.41) is 25.1. The van der Waals surface area contributed by atoms with Gasteiger partial charge in [-0.25, -0.2) is 0 Å². The number of rotatable bonds is 5. The number of halogens is 3. The zero-order valence-corrected chi connectivity index (χ0v) is 13.5. The number of benzene rings is 1. The number of nitrogens with one attached hydrogen (secondary N) is 1. The largest absolute Gasteiger partial charge is 0.416 e. The van der Waals surface area contributed by atoms with Gasteiger partial charge in [0.2, 0.25) is 0 Å². The van der Waals surface area contributed by atoms with Gasteiger partial charge in [0.05, 0.1) is 15.4 Å². The molecule has 0 aromatic heterocycles. The van der Waals surface area contributed by atoms with E-state index in [1.807, 2.05) is 0 Å². The molecule has 3 heterocycles. The first-order chi connectivity index (χ1) is 12.2. The lowest BCUT2D eigenvalue weighted by molar-refractivity contribution is -0.392. The predicted molar refractivity (Wildman–Crippen MR) is 85.0 cm³/mol. The molecule has 3 saturated heterocycles. The molecule has 1 unspecified atom stereocenters. The minimum absolute atomic E-state index is 0.0148. The van der Waals surface area contributed by atoms with Crippen molar-refractivity contribution in [1.29, 1.82) is 0 Å². The number of hydrogen-bond acceptors (Lipinski definition) is 7. The highest BCUT2D eigenvalue weighted by Gasteiger charge is 2.38. The first kappa shape index (κ1) is 18.3. The lowest BCUT2D eigenvalue weighted by Gasteiger charge is -2.47. The Hall–Kier alpha value is -2.47. The van der Waals surface area contributed by atoms with E-state index in [-0.39, 0.29) is 12.6 Å². The molecule has 3 aliphatic rings. The summed E-state index contributed by atoms with van der Waals surface area (Å²) in [6, 6.07) is 0.636. The van der Waals surface area contributed by atoms with Crippen LogP contribution in [0.25, 0.3) is 0 Å². The summed E-state index contributed by atoms with van der Waals surface area (Å²) >= 11 is 0. The minimum atomic E-state index is -4.92. The van der Waals surface area contributed by atoms with Crippen LogP contribution in [0.4, 0.5) is 30.2 Å². The third kappa shape index (κ3) is 3.55. The Balaban J connectivity index is 1.91. The van der Waals surface area contributed by atoms with Crippen LogP contribution in [0.2, 0.25) is 0 Å². The van der Waals surface area contributed by atoms with Crippen molar-refractivity contribution >= 4 is 17.1 Å². The van der Waals surface area contributed by atoms with E-state index in [0.717, 1.165) is 26.2 Å². The van der Waals surface area contributed by atoms with Crippen LogP contribution in [-0.4, -0.2) is 65.0 Å². The number of nitro groups is 2. The van der Waals surface area contributed by atoms with Crippen LogP contribution in [0.5, 0.6) is 0 Å². The SMILES string of the molecule is O=[N+]([O-])c1cc(C(F)(F)F)cc([N+](=O)[O-])c1NCC1CN2CCN1CC2. The van der Waals surface area contributed by atoms with Gasteiger partial charge in [-0.1, -0.05) is 0 Å². The van der Waals surface area contributed by atoms with E-state index < -0.39 is 38.6 Å². The zero-order valence-electron chi connectivity index (χ0n) is 13.5. The Bertz CT molecular complexity index is 699. The molecule has 0 saturated carbocycles. The summed E-state index contributed by atoms with van der Waals surface area (Å²) in [4.78, 5) is 24.7. The molecule has 3 aliphatic heterocycles. The summed E-state index contributed by atoms with van der Waals surface area (Å²) in [5.74, 6) is 0. The predicted octanol–water partition coefficient (Wildman–Crippen LogP) is 1.93. The molecule has 1 aromatic carbocycles. The van der Waals surface area contributed by atoms with E-state index in [0.29, 0.717) is 18.7 Å². The fraction of sp³-hybridized carbons (Fsp3) is 0.571. The van der Waals surface area contributed by atoms with E-state index in [2.05, 4.69) is 15.1 Å². The molecule has 2 bridgehead atoms. The van der Waals surface area contributed by atoms with Crippen molar-refractivity contribution in [3.05, 3.63) is 37.9 Å². The average molecular weight is 375 g/mol. The average Bonchev–Trinajstić information content (AvgIpc) is 2.59. The lowest BCUT2D eigenvalue weighted by Crippen LogP contribution is -2.62. The van der Waals surface area contributed by atoms with Gasteiger partial charge >= 0.3 is 6.18 Å². The van der Waals surface area contributed by atoms with Crippen LogP contribution in [0.15, 0.2) is 12.1 Å². The summed E-state index contributed by atoms with van der Waals surface area (Å²) in [7, 11) is 0. The molecule has 4 rings (SSSR count). The van der Waals surface area contributed by atoms with Gasteiger partial charge in [0, 0.05) is 57.4 Å². The van der Waals surface area contributed by atoms with Crippen molar-refractivity contribution in [3.63, 3.8) is 0 Å². The van der Waals surface area contributed by atoms with Crippen molar-refractivity contribution in [2.24, 2.45) is 0 Å². The molecule has 142 valence electrons. The Morgan fingerprint density at radius 3 is 2.00 bits per heavy atom. The maximum Gasteiger partial charge on any atom is 0.416 e. The molecular weight excluding hydrogens is 359 g/mol. The third-order valence-corrected chi connectivity index (χ3v) is 4.72. The van der Waals surface area contributed by atoms with Gasteiger partial charge in [-0.3, -0.25) is 30.0 Å². The number of fused-ring (bicyclic) bond motifs is 3. The molecule has 0 spiro atoms. The minimum Gasteiger partial charge on any atom is -0.372 e. The van der Waals surface area contributed by atoms with Crippen LogP contribution in [0.1, 0.15) is 5.56 Å². The lowest BCUT2D eigenvalue weighted by atomic mass is 10.1. The molecule has 1 aromatic rings. The highest BCUT2D eigenvalue weighted by molar-refractivity contribution is 5.75. The summed E-state index contributed by atoms with van der Waals surface area (Å²) < 4.78 is 38.7. The van der Waals surface area contributed by atoms with Crippen molar-refractivity contribution in [2.45, 2.75) is 12.2 Å². The highest BCUT2D eigenvalue weighted by Crippen LogP contribution is 2.41. The Morgan fingerprint density at radius 1 is 1.08 bits per heavy atom. The van der Waals surface area contributed by atoms with E-state index >= 15 is 0 Å². The fourth-order valence-corrected chi connectivity index (χ4v) is 3.38. The molecular formula is C14H16F3N5O4. The van der Waals surface area contributed by atoms with Gasteiger partial charge < -0.3 is 5.32 Å². The topological polar surface area (TPSA) is 105 Å². The van der Waals surface area contributed by atoms with Gasteiger partial charge in [0.25, 0.3) is 11.4 Å². The number of anilines is 1. The van der Waals surface area contributed by atoms with Crippen molar-refractivity contribution in [2.75, 3.05) is 44.6 Å². The quantitative estimate of drug-likeness (QED) is 0.619. The second-order valence-corrected chi connectivity index (χ2v) is 6.27. The van der Waals surface area contributed by atoms with E-state index in [1.54, 1.807) is 0 Å². The van der Waals surface area contributed by atoms with Crippen molar-refractivity contribution in [3.8, 4) is 0 Å². The molecule has 1 atom stereocenters. The van der Waals surface area contributed by atoms with Crippen LogP contribution in [0, 0.1) is 20.2 Å². The molecule has 12 heteroatoms. The standard InChI is InChI=1S/C14H16F3N5O4/c15-14(16,17)9-5-11(21(23)24)13(12(6-9)22(25)26)18-7-10-8-19-1-3-20(10)4-2-19/h5-6,10,18H,1-4,7-8H2. The Labute approximate surface area is 145 Å². The monoisotopic (exact) mass is 375 g/mol. The molecule has 0 aliphatic carbocycles. The second-order valence-electron chi connectivity index (χ2n) is 6.27. The van der Waals surface area contributed by atoms with Gasteiger partial charge in [-0.15, -0.1) is 0 Å². The highest BCUT2D eigenvalue weighted by atomic mass is 19.4. The molecule has 1 N–H and O–H groups in total. The van der Waals surface area contributed by atoms with Gasteiger partial charge in [-0.05, 0) is 0 Å². The van der Waals surface area contributed by atoms with E-state index in [1.165, 1.54) is 0 Å². The summed E-state index contributed by atoms with van der Waals surface area (Å²) in [5.41, 5.74) is -3.83. The van der Waals surface area contributed by atoms with E-state index in [4.69, 9.17) is 0 Å². The maximum atomic E-state index is 12.9. The molecule has 0 radical (unpaired) electrons. The number of alkyl halides is 3. The van der Waals surface area contributed by atoms with Gasteiger partial charge in [0.15, 0.2) is 5.69 Å². The molecule has 0 amide bonds. The van der Waals surface area contributed by atoms with Crippen molar-refractivity contribution < 1.29 is 23.0 Å². The number of hydrogen-bond donors (Lipinski definition) is 1. The van der Waals surface area contributed by atoms with Crippen LogP contribution >= 0.6 is 0 Å². The van der Waals surface area contributed by atoms with Crippen LogP contribution in [-0.2, 0) is 6.18 Å². The third-order valence-electron chi connectivity index (χ3n) is 4.72. The van der Waals surface area contributed by atoms with Crippen molar-refractivity contribution in [1.82, 2.24) is 9.80 Å². The summed E-state index contributed by atoms with van der Waals surface area (Å²) in [6.07, 6.45) is -4.92. The second kappa shape index (κ2) is 6.68. The van der Waals surface area contributed by atoms with Crippen LogP contribution < -0.4 is 5.32 Å². The summed E-state index contributed by atoms with van der Waals surface area (Å²) in [6.45, 7) is 4.35. The van der Waals surface area contributed by atoms with Gasteiger partial charge in [-0.2, -0.15) is 13.2 Å². The number of nitro benzene ring substituents is 2. The molecule has 3 fully saturated rings. The first-order valence-electron chi connectivity index (χ1n) is 7.91. The maximum absolute atomic E-state index is 12.9. The number of nitrogens with zero attached hydrogens (tertiary/aromatic N) is 4. The fourth-order valence-electron chi connectivity index (χ4n) is 3.38. The molecule has 9 nitrogen and oxygen atoms in total. The van der Waals surface area contributed by atoms with Gasteiger partial charge in [0.1, 0.15) is 0 Å². The normalized spacial score (nSPS) is 25.1. The molecule has 26 heavy (non-hydrogen) atoms. The van der Waals surface area contributed by atoms with Crippen LogP contribution in [0.3, 0.4) is 0 Å². The first-order valence-corrected chi connectivity index (χ1v) is 7.91.